The van der Waals surface area contributed by atoms with Crippen molar-refractivity contribution >= 4 is 11.7 Å². The number of hydrogen-bond donors (Lipinski definition) is 2. The van der Waals surface area contributed by atoms with Crippen LogP contribution in [0.2, 0.25) is 0 Å². The average Bonchev–Trinajstić information content (AvgIpc) is 3.11. The van der Waals surface area contributed by atoms with Gasteiger partial charge in [0.15, 0.2) is 0 Å². The molecule has 1 saturated heterocycles. The predicted octanol–water partition coefficient (Wildman–Crippen LogP) is 2.32. The molecule has 1 unspecified atom stereocenters. The first-order valence-corrected chi connectivity index (χ1v) is 8.10. The van der Waals surface area contributed by atoms with Gasteiger partial charge in [-0.2, -0.15) is 5.10 Å². The van der Waals surface area contributed by atoms with Crippen molar-refractivity contribution in [2.45, 2.75) is 38.6 Å². The number of carbonyl (C=O) groups excluding carboxylic acids is 1. The van der Waals surface area contributed by atoms with Gasteiger partial charge in [-0.3, -0.25) is 14.8 Å². The Morgan fingerprint density at radius 3 is 3.00 bits per heavy atom. The molecular formula is C17H23N5O. The number of rotatable bonds is 4. The average molecular weight is 313 g/mol. The first-order chi connectivity index (χ1) is 11.1. The summed E-state index contributed by atoms with van der Waals surface area (Å²) in [4.78, 5) is 18.9. The Kier molecular flexibility index (Phi) is 4.71. The van der Waals surface area contributed by atoms with Gasteiger partial charge in [0.25, 0.3) is 0 Å². The molecule has 122 valence electrons. The van der Waals surface area contributed by atoms with Crippen molar-refractivity contribution in [1.29, 1.82) is 0 Å². The van der Waals surface area contributed by atoms with Crippen molar-refractivity contribution in [1.82, 2.24) is 20.1 Å². The number of aromatic nitrogens is 3. The molecule has 0 radical (unpaired) electrons. The molecule has 0 bridgehead atoms. The summed E-state index contributed by atoms with van der Waals surface area (Å²) in [6, 6.07) is 5.63. The number of aromatic amines is 1. The predicted molar refractivity (Wildman–Crippen MR) is 89.2 cm³/mol. The standard InChI is InChI=1S/C17H23N5O/c1-12-5-6-16(18-10-12)20-17(23)13(2)22-9-3-4-14(11-22)15-7-8-19-21-15/h5-8,10,13-14H,3-4,9,11H2,1-2H3,(H,19,21)(H,18,20,23)/t13-,14?/m0/s1. The van der Waals surface area contributed by atoms with Crippen LogP contribution in [0.3, 0.4) is 0 Å². The highest BCUT2D eigenvalue weighted by molar-refractivity contribution is 5.93. The van der Waals surface area contributed by atoms with Crippen LogP contribution >= 0.6 is 0 Å². The fraction of sp³-hybridized carbons (Fsp3) is 0.471. The van der Waals surface area contributed by atoms with Crippen LogP contribution in [0.4, 0.5) is 5.82 Å². The largest absolute Gasteiger partial charge is 0.309 e. The van der Waals surface area contributed by atoms with E-state index in [4.69, 9.17) is 0 Å². The van der Waals surface area contributed by atoms with E-state index in [1.807, 2.05) is 32.0 Å². The van der Waals surface area contributed by atoms with Crippen molar-refractivity contribution < 1.29 is 4.79 Å². The van der Waals surface area contributed by atoms with Gasteiger partial charge in [0, 0.05) is 30.6 Å². The molecule has 2 atom stereocenters. The summed E-state index contributed by atoms with van der Waals surface area (Å²) in [7, 11) is 0. The fourth-order valence-electron chi connectivity index (χ4n) is 3.04. The van der Waals surface area contributed by atoms with Crippen LogP contribution < -0.4 is 5.32 Å². The normalized spacial score (nSPS) is 20.2. The lowest BCUT2D eigenvalue weighted by Crippen LogP contribution is -2.46. The zero-order valence-corrected chi connectivity index (χ0v) is 13.6. The fourth-order valence-corrected chi connectivity index (χ4v) is 3.04. The molecule has 0 aliphatic carbocycles. The minimum absolute atomic E-state index is 0.00777. The number of amides is 1. The summed E-state index contributed by atoms with van der Waals surface area (Å²) in [5.41, 5.74) is 2.23. The van der Waals surface area contributed by atoms with Crippen LogP contribution in [0.25, 0.3) is 0 Å². The summed E-state index contributed by atoms with van der Waals surface area (Å²) in [6.07, 6.45) is 5.76. The van der Waals surface area contributed by atoms with Crippen molar-refractivity contribution in [3.8, 4) is 0 Å². The van der Waals surface area contributed by atoms with E-state index in [0.717, 1.165) is 37.2 Å². The van der Waals surface area contributed by atoms with Gasteiger partial charge in [-0.1, -0.05) is 6.07 Å². The smallest absolute Gasteiger partial charge is 0.242 e. The number of nitrogens with one attached hydrogen (secondary N) is 2. The van der Waals surface area contributed by atoms with Gasteiger partial charge in [-0.25, -0.2) is 4.98 Å². The minimum Gasteiger partial charge on any atom is -0.309 e. The monoisotopic (exact) mass is 313 g/mol. The maximum atomic E-state index is 12.5. The van der Waals surface area contributed by atoms with Gasteiger partial charge in [-0.15, -0.1) is 0 Å². The SMILES string of the molecule is Cc1ccc(NC(=O)[C@H](C)N2CCCC(c3ccn[nH]3)C2)nc1. The first kappa shape index (κ1) is 15.7. The molecule has 2 aromatic heterocycles. The number of carbonyl (C=O) groups is 1. The lowest BCUT2D eigenvalue weighted by Gasteiger charge is -2.35. The maximum absolute atomic E-state index is 12.5. The van der Waals surface area contributed by atoms with Crippen LogP contribution in [-0.2, 0) is 4.79 Å². The summed E-state index contributed by atoms with van der Waals surface area (Å²) in [5.74, 6) is 1.01. The van der Waals surface area contributed by atoms with Crippen LogP contribution in [0.1, 0.15) is 36.9 Å². The summed E-state index contributed by atoms with van der Waals surface area (Å²) >= 11 is 0. The minimum atomic E-state index is -0.177. The van der Waals surface area contributed by atoms with E-state index in [9.17, 15) is 4.79 Å². The summed E-state index contributed by atoms with van der Waals surface area (Å²) in [5, 5.41) is 9.99. The van der Waals surface area contributed by atoms with Gasteiger partial charge in [0.1, 0.15) is 5.82 Å². The van der Waals surface area contributed by atoms with Crippen molar-refractivity contribution in [2.75, 3.05) is 18.4 Å². The van der Waals surface area contributed by atoms with E-state index >= 15 is 0 Å². The summed E-state index contributed by atoms with van der Waals surface area (Å²) in [6.45, 7) is 5.75. The number of anilines is 1. The second kappa shape index (κ2) is 6.91. The van der Waals surface area contributed by atoms with Crippen LogP contribution in [-0.4, -0.2) is 45.1 Å². The van der Waals surface area contributed by atoms with Crippen molar-refractivity contribution in [3.63, 3.8) is 0 Å². The van der Waals surface area contributed by atoms with Gasteiger partial charge in [0.05, 0.1) is 6.04 Å². The number of pyridine rings is 1. The molecule has 6 nitrogen and oxygen atoms in total. The molecule has 1 fully saturated rings. The molecule has 3 heterocycles. The molecule has 6 heteroatoms. The molecular weight excluding hydrogens is 290 g/mol. The van der Waals surface area contributed by atoms with E-state index in [0.29, 0.717) is 11.7 Å². The van der Waals surface area contributed by atoms with Crippen molar-refractivity contribution in [2.24, 2.45) is 0 Å². The van der Waals surface area contributed by atoms with Crippen molar-refractivity contribution in [3.05, 3.63) is 41.9 Å². The third-order valence-electron chi connectivity index (χ3n) is 4.50. The highest BCUT2D eigenvalue weighted by Gasteiger charge is 2.28. The Labute approximate surface area is 136 Å². The molecule has 23 heavy (non-hydrogen) atoms. The number of hydrogen-bond acceptors (Lipinski definition) is 4. The van der Waals surface area contributed by atoms with Crippen LogP contribution in [0, 0.1) is 6.92 Å². The van der Waals surface area contributed by atoms with E-state index in [1.165, 1.54) is 0 Å². The first-order valence-electron chi connectivity index (χ1n) is 8.10. The van der Waals surface area contributed by atoms with Gasteiger partial charge in [-0.05, 0) is 50.9 Å². The molecule has 2 aromatic rings. The second-order valence-corrected chi connectivity index (χ2v) is 6.23. The highest BCUT2D eigenvalue weighted by Crippen LogP contribution is 2.26. The van der Waals surface area contributed by atoms with E-state index in [2.05, 4.69) is 25.4 Å². The third kappa shape index (κ3) is 3.76. The lowest BCUT2D eigenvalue weighted by molar-refractivity contribution is -0.121. The van der Waals surface area contributed by atoms with Gasteiger partial charge < -0.3 is 5.32 Å². The molecule has 1 aliphatic heterocycles. The summed E-state index contributed by atoms with van der Waals surface area (Å²) < 4.78 is 0. The zero-order chi connectivity index (χ0) is 16.2. The topological polar surface area (TPSA) is 73.9 Å². The number of nitrogens with zero attached hydrogens (tertiary/aromatic N) is 3. The number of piperidine rings is 1. The molecule has 2 N–H and O–H groups in total. The Morgan fingerprint density at radius 2 is 2.30 bits per heavy atom. The Morgan fingerprint density at radius 1 is 1.43 bits per heavy atom. The van der Waals surface area contributed by atoms with Crippen LogP contribution in [0.5, 0.6) is 0 Å². The van der Waals surface area contributed by atoms with Gasteiger partial charge >= 0.3 is 0 Å². The maximum Gasteiger partial charge on any atom is 0.242 e. The Hall–Kier alpha value is -2.21. The second-order valence-electron chi connectivity index (χ2n) is 6.23. The van der Waals surface area contributed by atoms with E-state index in [1.54, 1.807) is 12.4 Å². The quantitative estimate of drug-likeness (QED) is 0.908. The Balaban J connectivity index is 1.61. The molecule has 0 aromatic carbocycles. The van der Waals surface area contributed by atoms with E-state index in [-0.39, 0.29) is 11.9 Å². The Bertz CT molecular complexity index is 638. The molecule has 1 aliphatic rings. The van der Waals surface area contributed by atoms with Gasteiger partial charge in [0.2, 0.25) is 5.91 Å². The zero-order valence-electron chi connectivity index (χ0n) is 13.6. The molecule has 3 rings (SSSR count). The third-order valence-corrected chi connectivity index (χ3v) is 4.50. The van der Waals surface area contributed by atoms with Crippen LogP contribution in [0.15, 0.2) is 30.6 Å². The molecule has 0 spiro atoms. The number of likely N-dealkylation sites (tertiary alicyclic amines) is 1. The molecule has 1 amide bonds. The number of aryl methyl sites for hydroxylation is 1. The molecule has 0 saturated carbocycles. The number of H-pyrrole nitrogens is 1. The highest BCUT2D eigenvalue weighted by atomic mass is 16.2. The van der Waals surface area contributed by atoms with E-state index < -0.39 is 0 Å². The lowest BCUT2D eigenvalue weighted by atomic mass is 9.94.